The number of nitrogens with zero attached hydrogens (tertiary/aromatic N) is 3. The van der Waals surface area contributed by atoms with Crippen LogP contribution < -0.4 is 15.7 Å². The van der Waals surface area contributed by atoms with Crippen LogP contribution in [0.3, 0.4) is 0 Å². The number of rotatable bonds is 4. The Morgan fingerprint density at radius 3 is 2.82 bits per heavy atom. The highest BCUT2D eigenvalue weighted by Gasteiger charge is 2.27. The molecule has 3 heterocycles. The molecule has 2 aromatic rings. The van der Waals surface area contributed by atoms with E-state index in [9.17, 15) is 14.4 Å². The third-order valence-corrected chi connectivity index (χ3v) is 5.35. The summed E-state index contributed by atoms with van der Waals surface area (Å²) in [7, 11) is 0. The van der Waals surface area contributed by atoms with Gasteiger partial charge in [-0.05, 0) is 37.5 Å². The van der Waals surface area contributed by atoms with Crippen LogP contribution in [0.4, 0.5) is 5.69 Å². The maximum Gasteiger partial charge on any atom is 0.343 e. The fraction of sp³-hybridized carbons (Fsp3) is 0.474. The molecule has 2 N–H and O–H groups in total. The standard InChI is InChI=1S/C19H23N5O4/c1-2-24-18(21-22-19(24)27)13-5-7-23(8-6-13)17(26)10-12-3-4-15-14(9-12)20-16(25)11-28-15/h3-4,9,13H,2,5-8,10-11H2,1H3,(H,20,25)(H,22,27). The predicted molar refractivity (Wildman–Crippen MR) is 101 cm³/mol. The van der Waals surface area contributed by atoms with Gasteiger partial charge in [0.2, 0.25) is 5.91 Å². The summed E-state index contributed by atoms with van der Waals surface area (Å²) in [5.74, 6) is 1.44. The average Bonchev–Trinajstić information content (AvgIpc) is 3.08. The summed E-state index contributed by atoms with van der Waals surface area (Å²) in [6, 6.07) is 5.43. The molecule has 9 nitrogen and oxygen atoms in total. The van der Waals surface area contributed by atoms with Crippen LogP contribution in [0, 0.1) is 0 Å². The molecular formula is C19H23N5O4. The number of carbonyl (C=O) groups excluding carboxylic acids is 2. The lowest BCUT2D eigenvalue weighted by molar-refractivity contribution is -0.131. The lowest BCUT2D eigenvalue weighted by Gasteiger charge is -2.31. The zero-order chi connectivity index (χ0) is 19.7. The van der Waals surface area contributed by atoms with Gasteiger partial charge in [0.1, 0.15) is 11.6 Å². The zero-order valence-corrected chi connectivity index (χ0v) is 15.7. The van der Waals surface area contributed by atoms with Gasteiger partial charge in [-0.2, -0.15) is 5.10 Å². The fourth-order valence-corrected chi connectivity index (χ4v) is 3.86. The number of hydrogen-bond acceptors (Lipinski definition) is 5. The van der Waals surface area contributed by atoms with Crippen molar-refractivity contribution in [1.82, 2.24) is 19.7 Å². The molecule has 1 saturated heterocycles. The van der Waals surface area contributed by atoms with Crippen LogP contribution in [0.2, 0.25) is 0 Å². The van der Waals surface area contributed by atoms with Gasteiger partial charge in [-0.25, -0.2) is 9.89 Å². The van der Waals surface area contributed by atoms with Crippen LogP contribution in [0.25, 0.3) is 0 Å². The Kier molecular flexibility index (Phi) is 4.89. The molecule has 1 aromatic carbocycles. The monoisotopic (exact) mass is 385 g/mol. The number of H-pyrrole nitrogens is 1. The molecule has 0 radical (unpaired) electrons. The number of piperidine rings is 1. The number of anilines is 1. The Bertz CT molecular complexity index is 955. The quantitative estimate of drug-likeness (QED) is 0.812. The van der Waals surface area contributed by atoms with Gasteiger partial charge in [0.05, 0.1) is 12.1 Å². The largest absolute Gasteiger partial charge is 0.482 e. The van der Waals surface area contributed by atoms with Gasteiger partial charge < -0.3 is 15.0 Å². The van der Waals surface area contributed by atoms with Crippen LogP contribution in [-0.2, 0) is 22.6 Å². The Balaban J connectivity index is 1.37. The van der Waals surface area contributed by atoms with E-state index in [1.165, 1.54) is 0 Å². The number of hydrogen-bond donors (Lipinski definition) is 2. The van der Waals surface area contributed by atoms with E-state index in [4.69, 9.17) is 4.74 Å². The number of benzene rings is 1. The second-order valence-corrected chi connectivity index (χ2v) is 7.13. The highest BCUT2D eigenvalue weighted by atomic mass is 16.5. The fourth-order valence-electron chi connectivity index (χ4n) is 3.86. The van der Waals surface area contributed by atoms with Crippen molar-refractivity contribution in [3.63, 3.8) is 0 Å². The Morgan fingerprint density at radius 1 is 1.29 bits per heavy atom. The van der Waals surface area contributed by atoms with Crippen LogP contribution in [0.5, 0.6) is 5.75 Å². The van der Waals surface area contributed by atoms with E-state index in [2.05, 4.69) is 15.5 Å². The molecule has 4 rings (SSSR count). The van der Waals surface area contributed by atoms with Crippen molar-refractivity contribution in [2.24, 2.45) is 0 Å². The van der Waals surface area contributed by atoms with Crippen molar-refractivity contribution in [3.8, 4) is 5.75 Å². The number of aromatic amines is 1. The molecule has 2 amide bonds. The molecule has 9 heteroatoms. The summed E-state index contributed by atoms with van der Waals surface area (Å²) in [5, 5.41) is 9.45. The van der Waals surface area contributed by atoms with E-state index in [-0.39, 0.29) is 36.4 Å². The van der Waals surface area contributed by atoms with E-state index in [0.717, 1.165) is 24.2 Å². The van der Waals surface area contributed by atoms with Gasteiger partial charge >= 0.3 is 5.69 Å². The summed E-state index contributed by atoms with van der Waals surface area (Å²) in [6.45, 7) is 3.80. The lowest BCUT2D eigenvalue weighted by atomic mass is 9.95. The summed E-state index contributed by atoms with van der Waals surface area (Å²) in [6.07, 6.45) is 1.84. The average molecular weight is 385 g/mol. The first kappa shape index (κ1) is 18.3. The third kappa shape index (κ3) is 3.51. The van der Waals surface area contributed by atoms with E-state index in [0.29, 0.717) is 31.1 Å². The highest BCUT2D eigenvalue weighted by molar-refractivity contribution is 5.95. The number of fused-ring (bicyclic) bond motifs is 1. The normalized spacial score (nSPS) is 17.0. The van der Waals surface area contributed by atoms with Crippen LogP contribution in [0.15, 0.2) is 23.0 Å². The molecule has 148 valence electrons. The molecule has 0 aliphatic carbocycles. The van der Waals surface area contributed by atoms with Gasteiger partial charge in [0.25, 0.3) is 5.91 Å². The molecule has 2 aliphatic heterocycles. The lowest BCUT2D eigenvalue weighted by Crippen LogP contribution is -2.39. The number of ether oxygens (including phenoxy) is 1. The smallest absolute Gasteiger partial charge is 0.343 e. The maximum absolute atomic E-state index is 12.7. The Hall–Kier alpha value is -3.10. The minimum atomic E-state index is -0.193. The second-order valence-electron chi connectivity index (χ2n) is 7.13. The SMILES string of the molecule is CCn1c(C2CCN(C(=O)Cc3ccc4c(c3)NC(=O)CO4)CC2)n[nH]c1=O. The molecule has 0 bridgehead atoms. The molecule has 2 aliphatic rings. The van der Waals surface area contributed by atoms with Crippen molar-refractivity contribution in [2.75, 3.05) is 25.0 Å². The number of amides is 2. The molecule has 0 atom stereocenters. The summed E-state index contributed by atoms with van der Waals surface area (Å²) in [5.41, 5.74) is 1.26. The topological polar surface area (TPSA) is 109 Å². The Labute approximate surface area is 161 Å². The first-order chi connectivity index (χ1) is 13.5. The third-order valence-electron chi connectivity index (χ3n) is 5.35. The van der Waals surface area contributed by atoms with E-state index in [1.54, 1.807) is 16.7 Å². The minimum Gasteiger partial charge on any atom is -0.482 e. The van der Waals surface area contributed by atoms with E-state index >= 15 is 0 Å². The summed E-state index contributed by atoms with van der Waals surface area (Å²) in [4.78, 5) is 37.8. The first-order valence-electron chi connectivity index (χ1n) is 9.53. The molecule has 1 fully saturated rings. The number of aromatic nitrogens is 3. The Morgan fingerprint density at radius 2 is 2.07 bits per heavy atom. The van der Waals surface area contributed by atoms with Gasteiger partial charge in [-0.1, -0.05) is 6.07 Å². The molecule has 0 spiro atoms. The molecule has 0 unspecified atom stereocenters. The van der Waals surface area contributed by atoms with Crippen LogP contribution in [-0.4, -0.2) is 51.2 Å². The van der Waals surface area contributed by atoms with E-state index in [1.807, 2.05) is 17.9 Å². The first-order valence-corrected chi connectivity index (χ1v) is 9.53. The van der Waals surface area contributed by atoms with Gasteiger partial charge in [0.15, 0.2) is 6.61 Å². The predicted octanol–water partition coefficient (Wildman–Crippen LogP) is 0.871. The van der Waals surface area contributed by atoms with Crippen molar-refractivity contribution in [3.05, 3.63) is 40.1 Å². The van der Waals surface area contributed by atoms with Gasteiger partial charge in [-0.3, -0.25) is 14.2 Å². The number of nitrogens with one attached hydrogen (secondary N) is 2. The van der Waals surface area contributed by atoms with Crippen molar-refractivity contribution in [1.29, 1.82) is 0 Å². The molecule has 0 saturated carbocycles. The highest BCUT2D eigenvalue weighted by Crippen LogP contribution is 2.29. The minimum absolute atomic E-state index is 0.0160. The number of likely N-dealkylation sites (tertiary alicyclic amines) is 1. The van der Waals surface area contributed by atoms with E-state index < -0.39 is 0 Å². The van der Waals surface area contributed by atoms with Gasteiger partial charge in [-0.15, -0.1) is 0 Å². The van der Waals surface area contributed by atoms with Crippen LogP contribution in [0.1, 0.15) is 37.1 Å². The molecule has 28 heavy (non-hydrogen) atoms. The van der Waals surface area contributed by atoms with Crippen LogP contribution >= 0.6 is 0 Å². The summed E-state index contributed by atoms with van der Waals surface area (Å²) >= 11 is 0. The molecular weight excluding hydrogens is 362 g/mol. The maximum atomic E-state index is 12.7. The number of carbonyl (C=O) groups is 2. The van der Waals surface area contributed by atoms with Crippen molar-refractivity contribution < 1.29 is 14.3 Å². The van der Waals surface area contributed by atoms with Crippen molar-refractivity contribution >= 4 is 17.5 Å². The second kappa shape index (κ2) is 7.49. The zero-order valence-electron chi connectivity index (χ0n) is 15.7. The summed E-state index contributed by atoms with van der Waals surface area (Å²) < 4.78 is 7.00. The molecule has 1 aromatic heterocycles. The van der Waals surface area contributed by atoms with Gasteiger partial charge in [0, 0.05) is 25.6 Å². The van der Waals surface area contributed by atoms with Crippen molar-refractivity contribution in [2.45, 2.75) is 38.6 Å².